The molecule has 0 fully saturated rings. The zero-order chi connectivity index (χ0) is 19.9. The number of nitrogens with one attached hydrogen (secondary N) is 1. The van der Waals surface area contributed by atoms with Crippen LogP contribution >= 0.6 is 0 Å². The first-order valence-corrected chi connectivity index (χ1v) is 9.15. The van der Waals surface area contributed by atoms with E-state index in [0.29, 0.717) is 0 Å². The number of nitrogens with zero attached hydrogens (tertiary/aromatic N) is 2. The molecule has 0 unspecified atom stereocenters. The first kappa shape index (κ1) is 19.6. The van der Waals surface area contributed by atoms with E-state index in [9.17, 15) is 4.79 Å². The SMILES string of the molecule is COC(=O)COc1c(C)cc(CNCc2ccccc2-n2ccnc2)cc1C. The van der Waals surface area contributed by atoms with Crippen LogP contribution in [0.1, 0.15) is 22.3 Å². The molecule has 0 aliphatic rings. The molecule has 6 nitrogen and oxygen atoms in total. The number of carbonyl (C=O) groups is 1. The quantitative estimate of drug-likeness (QED) is 0.608. The number of ether oxygens (including phenoxy) is 2. The van der Waals surface area contributed by atoms with Gasteiger partial charge in [0.05, 0.1) is 19.1 Å². The highest BCUT2D eigenvalue weighted by molar-refractivity contribution is 5.71. The van der Waals surface area contributed by atoms with Gasteiger partial charge in [-0.2, -0.15) is 0 Å². The standard InChI is InChI=1S/C22H25N3O3/c1-16-10-18(11-17(2)22(16)28-14-21(26)27-3)12-24-13-19-6-4-5-7-20(19)25-9-8-23-15-25/h4-11,15,24H,12-14H2,1-3H3. The van der Waals surface area contributed by atoms with Gasteiger partial charge in [-0.1, -0.05) is 30.3 Å². The fourth-order valence-corrected chi connectivity index (χ4v) is 3.22. The lowest BCUT2D eigenvalue weighted by Crippen LogP contribution is -2.16. The van der Waals surface area contributed by atoms with Crippen molar-refractivity contribution in [1.29, 1.82) is 0 Å². The van der Waals surface area contributed by atoms with Gasteiger partial charge in [-0.05, 0) is 42.2 Å². The molecular weight excluding hydrogens is 354 g/mol. The second-order valence-electron chi connectivity index (χ2n) is 6.63. The topological polar surface area (TPSA) is 65.4 Å². The highest BCUT2D eigenvalue weighted by Crippen LogP contribution is 2.25. The molecule has 0 radical (unpaired) electrons. The normalized spacial score (nSPS) is 10.7. The number of carbonyl (C=O) groups excluding carboxylic acids is 1. The van der Waals surface area contributed by atoms with E-state index >= 15 is 0 Å². The third-order valence-electron chi connectivity index (χ3n) is 4.50. The Hall–Kier alpha value is -3.12. The highest BCUT2D eigenvalue weighted by atomic mass is 16.6. The number of esters is 1. The third-order valence-corrected chi connectivity index (χ3v) is 4.50. The predicted molar refractivity (Wildman–Crippen MR) is 108 cm³/mol. The minimum Gasteiger partial charge on any atom is -0.481 e. The van der Waals surface area contributed by atoms with Crippen molar-refractivity contribution in [2.75, 3.05) is 13.7 Å². The monoisotopic (exact) mass is 379 g/mol. The van der Waals surface area contributed by atoms with Crippen LogP contribution in [0.25, 0.3) is 5.69 Å². The molecular formula is C22H25N3O3. The van der Waals surface area contributed by atoms with Gasteiger partial charge >= 0.3 is 5.97 Å². The number of hydrogen-bond donors (Lipinski definition) is 1. The zero-order valence-corrected chi connectivity index (χ0v) is 16.4. The van der Waals surface area contributed by atoms with Crippen molar-refractivity contribution in [2.24, 2.45) is 0 Å². The second kappa shape index (κ2) is 9.19. The van der Waals surface area contributed by atoms with Gasteiger partial charge in [-0.15, -0.1) is 0 Å². The Labute approximate surface area is 165 Å². The van der Waals surface area contributed by atoms with E-state index in [2.05, 4.69) is 39.3 Å². The molecule has 0 atom stereocenters. The minimum absolute atomic E-state index is 0.0825. The molecule has 1 aromatic heterocycles. The van der Waals surface area contributed by atoms with E-state index in [4.69, 9.17) is 4.74 Å². The van der Waals surface area contributed by atoms with Crippen molar-refractivity contribution >= 4 is 5.97 Å². The van der Waals surface area contributed by atoms with Crippen LogP contribution < -0.4 is 10.1 Å². The summed E-state index contributed by atoms with van der Waals surface area (Å²) in [6, 6.07) is 12.4. The zero-order valence-electron chi connectivity index (χ0n) is 16.4. The molecule has 0 saturated carbocycles. The molecule has 1 N–H and O–H groups in total. The van der Waals surface area contributed by atoms with Crippen molar-refractivity contribution in [1.82, 2.24) is 14.9 Å². The Balaban J connectivity index is 1.64. The summed E-state index contributed by atoms with van der Waals surface area (Å²) in [5, 5.41) is 3.50. The van der Waals surface area contributed by atoms with Crippen LogP contribution in [0.4, 0.5) is 0 Å². The third kappa shape index (κ3) is 4.78. The van der Waals surface area contributed by atoms with Crippen LogP contribution in [-0.4, -0.2) is 29.2 Å². The van der Waals surface area contributed by atoms with Gasteiger partial charge in [-0.3, -0.25) is 0 Å². The van der Waals surface area contributed by atoms with E-state index in [1.165, 1.54) is 18.2 Å². The molecule has 0 bridgehead atoms. The van der Waals surface area contributed by atoms with Crippen molar-refractivity contribution in [3.05, 3.63) is 77.4 Å². The van der Waals surface area contributed by atoms with E-state index < -0.39 is 0 Å². The van der Waals surface area contributed by atoms with Gasteiger partial charge in [0.25, 0.3) is 0 Å². The minimum atomic E-state index is -0.388. The smallest absolute Gasteiger partial charge is 0.343 e. The molecule has 2 aromatic carbocycles. The van der Waals surface area contributed by atoms with Gasteiger partial charge in [0.2, 0.25) is 0 Å². The first-order valence-electron chi connectivity index (χ1n) is 9.15. The van der Waals surface area contributed by atoms with Gasteiger partial charge in [0.1, 0.15) is 5.75 Å². The van der Waals surface area contributed by atoms with Crippen molar-refractivity contribution < 1.29 is 14.3 Å². The molecule has 6 heteroatoms. The molecule has 146 valence electrons. The summed E-state index contributed by atoms with van der Waals surface area (Å²) < 4.78 is 12.2. The van der Waals surface area contributed by atoms with Crippen molar-refractivity contribution in [3.8, 4) is 11.4 Å². The van der Waals surface area contributed by atoms with Gasteiger partial charge < -0.3 is 19.4 Å². The summed E-state index contributed by atoms with van der Waals surface area (Å²) in [4.78, 5) is 15.4. The molecule has 0 saturated heterocycles. The number of methoxy groups -OCH3 is 1. The van der Waals surface area contributed by atoms with Crippen LogP contribution in [0.2, 0.25) is 0 Å². The fraction of sp³-hybridized carbons (Fsp3) is 0.273. The summed E-state index contributed by atoms with van der Waals surface area (Å²) >= 11 is 0. The Morgan fingerprint density at radius 3 is 2.57 bits per heavy atom. The Morgan fingerprint density at radius 2 is 1.89 bits per heavy atom. The molecule has 0 amide bonds. The van der Waals surface area contributed by atoms with Crippen LogP contribution in [0.3, 0.4) is 0 Å². The summed E-state index contributed by atoms with van der Waals surface area (Å²) in [6.07, 6.45) is 5.52. The molecule has 3 rings (SSSR count). The lowest BCUT2D eigenvalue weighted by atomic mass is 10.1. The summed E-state index contributed by atoms with van der Waals surface area (Å²) in [6.45, 7) is 5.36. The van der Waals surface area contributed by atoms with Crippen molar-refractivity contribution in [2.45, 2.75) is 26.9 Å². The van der Waals surface area contributed by atoms with E-state index in [-0.39, 0.29) is 12.6 Å². The summed E-state index contributed by atoms with van der Waals surface area (Å²) in [7, 11) is 1.35. The second-order valence-corrected chi connectivity index (χ2v) is 6.63. The lowest BCUT2D eigenvalue weighted by molar-refractivity contribution is -0.142. The lowest BCUT2D eigenvalue weighted by Gasteiger charge is -2.15. The number of aryl methyl sites for hydroxylation is 2. The highest BCUT2D eigenvalue weighted by Gasteiger charge is 2.10. The number of benzene rings is 2. The number of para-hydroxylation sites is 1. The maximum atomic E-state index is 11.3. The molecule has 3 aromatic rings. The van der Waals surface area contributed by atoms with Gasteiger partial charge in [0.15, 0.2) is 6.61 Å². The molecule has 0 aliphatic heterocycles. The number of rotatable bonds is 8. The van der Waals surface area contributed by atoms with Gasteiger partial charge in [0, 0.05) is 25.5 Å². The first-order chi connectivity index (χ1) is 13.6. The maximum absolute atomic E-state index is 11.3. The van der Waals surface area contributed by atoms with E-state index in [1.807, 2.05) is 36.7 Å². The van der Waals surface area contributed by atoms with Crippen LogP contribution in [0.15, 0.2) is 55.1 Å². The Morgan fingerprint density at radius 1 is 1.14 bits per heavy atom. The summed E-state index contributed by atoms with van der Waals surface area (Å²) in [5.41, 5.74) is 5.48. The van der Waals surface area contributed by atoms with E-state index in [1.54, 1.807) is 12.5 Å². The van der Waals surface area contributed by atoms with Crippen molar-refractivity contribution in [3.63, 3.8) is 0 Å². The average molecular weight is 379 g/mol. The molecule has 1 heterocycles. The number of imidazole rings is 1. The largest absolute Gasteiger partial charge is 0.481 e. The Bertz CT molecular complexity index is 913. The average Bonchev–Trinajstić information content (AvgIpc) is 3.22. The van der Waals surface area contributed by atoms with Crippen LogP contribution in [0, 0.1) is 13.8 Å². The number of aromatic nitrogens is 2. The molecule has 28 heavy (non-hydrogen) atoms. The summed E-state index contributed by atoms with van der Waals surface area (Å²) in [5.74, 6) is 0.348. The molecule has 0 spiro atoms. The Kier molecular flexibility index (Phi) is 6.45. The maximum Gasteiger partial charge on any atom is 0.343 e. The van der Waals surface area contributed by atoms with Crippen LogP contribution in [-0.2, 0) is 22.6 Å². The van der Waals surface area contributed by atoms with Crippen LogP contribution in [0.5, 0.6) is 5.75 Å². The van der Waals surface area contributed by atoms with Gasteiger partial charge in [-0.25, -0.2) is 9.78 Å². The predicted octanol–water partition coefficient (Wildman–Crippen LogP) is 3.33. The fourth-order valence-electron chi connectivity index (χ4n) is 3.22. The molecule has 0 aliphatic carbocycles. The number of hydrogen-bond acceptors (Lipinski definition) is 5. The van der Waals surface area contributed by atoms with E-state index in [0.717, 1.165) is 35.7 Å².